The van der Waals surface area contributed by atoms with Gasteiger partial charge in [0.05, 0.1) is 5.56 Å². The number of alkyl halides is 3. The minimum absolute atomic E-state index is 0.0355. The lowest BCUT2D eigenvalue weighted by molar-refractivity contribution is -0.137. The molecule has 1 aromatic carbocycles. The van der Waals surface area contributed by atoms with E-state index >= 15 is 0 Å². The predicted molar refractivity (Wildman–Crippen MR) is 59.1 cm³/mol. The van der Waals surface area contributed by atoms with E-state index in [9.17, 15) is 22.4 Å². The number of carbonyl (C=O) groups excluding carboxylic acids is 1. The Kier molecular flexibility index (Phi) is 4.47. The maximum atomic E-state index is 13.3. The van der Waals surface area contributed by atoms with E-state index in [2.05, 4.69) is 5.32 Å². The molecule has 1 rings (SSSR count). The molecule has 1 aromatic rings. The van der Waals surface area contributed by atoms with Crippen LogP contribution in [0.15, 0.2) is 24.3 Å². The number of rotatable bonds is 3. The van der Waals surface area contributed by atoms with E-state index in [1.165, 1.54) is 19.1 Å². The van der Waals surface area contributed by atoms with Gasteiger partial charge >= 0.3 is 6.18 Å². The van der Waals surface area contributed by atoms with Gasteiger partial charge in [0, 0.05) is 19.0 Å². The van der Waals surface area contributed by atoms with Crippen molar-refractivity contribution in [3.05, 3.63) is 41.2 Å². The molecule has 0 aliphatic carbocycles. The molecule has 0 atom stereocenters. The highest BCUT2D eigenvalue weighted by Gasteiger charge is 2.30. The van der Waals surface area contributed by atoms with Gasteiger partial charge in [0.15, 0.2) is 0 Å². The van der Waals surface area contributed by atoms with Crippen LogP contribution in [0.25, 0.3) is 6.08 Å². The van der Waals surface area contributed by atoms with Crippen LogP contribution < -0.4 is 5.32 Å². The highest BCUT2D eigenvalue weighted by molar-refractivity contribution is 5.73. The van der Waals surface area contributed by atoms with Gasteiger partial charge in [-0.1, -0.05) is 18.2 Å². The van der Waals surface area contributed by atoms with Gasteiger partial charge in [-0.15, -0.1) is 0 Å². The molecule has 0 spiro atoms. The molecule has 0 saturated heterocycles. The average Bonchev–Trinajstić information content (AvgIpc) is 2.24. The first kappa shape index (κ1) is 14.2. The molecule has 98 valence electrons. The number of carbonyl (C=O) groups is 1. The Morgan fingerprint density at radius 1 is 1.39 bits per heavy atom. The molecular formula is C12H11F4NO. The summed E-state index contributed by atoms with van der Waals surface area (Å²) in [5.74, 6) is -1.20. The van der Waals surface area contributed by atoms with Crippen molar-refractivity contribution in [3.63, 3.8) is 0 Å². The normalized spacial score (nSPS) is 11.8. The van der Waals surface area contributed by atoms with Crippen LogP contribution in [0.3, 0.4) is 0 Å². The molecule has 18 heavy (non-hydrogen) atoms. The van der Waals surface area contributed by atoms with Gasteiger partial charge in [-0.05, 0) is 12.1 Å². The highest BCUT2D eigenvalue weighted by atomic mass is 19.4. The first-order valence-corrected chi connectivity index (χ1v) is 5.08. The van der Waals surface area contributed by atoms with Crippen molar-refractivity contribution in [2.24, 2.45) is 0 Å². The number of hydrogen-bond acceptors (Lipinski definition) is 1. The maximum Gasteiger partial charge on any atom is 0.416 e. The van der Waals surface area contributed by atoms with Crippen molar-refractivity contribution in [2.45, 2.75) is 13.1 Å². The van der Waals surface area contributed by atoms with Crippen molar-refractivity contribution in [2.75, 3.05) is 6.54 Å². The van der Waals surface area contributed by atoms with Crippen LogP contribution in [-0.2, 0) is 11.0 Å². The molecule has 1 N–H and O–H groups in total. The van der Waals surface area contributed by atoms with Crippen LogP contribution in [-0.4, -0.2) is 12.5 Å². The number of benzene rings is 1. The van der Waals surface area contributed by atoms with Crippen molar-refractivity contribution >= 4 is 12.0 Å². The topological polar surface area (TPSA) is 29.1 Å². The van der Waals surface area contributed by atoms with Crippen LogP contribution in [0.4, 0.5) is 17.6 Å². The molecule has 0 aromatic heterocycles. The van der Waals surface area contributed by atoms with Gasteiger partial charge < -0.3 is 5.32 Å². The molecule has 2 nitrogen and oxygen atoms in total. The van der Waals surface area contributed by atoms with Crippen LogP contribution in [0, 0.1) is 5.82 Å². The third-order valence-electron chi connectivity index (χ3n) is 2.09. The van der Waals surface area contributed by atoms with Crippen LogP contribution in [0.5, 0.6) is 0 Å². The molecule has 6 heteroatoms. The zero-order valence-corrected chi connectivity index (χ0v) is 9.51. The largest absolute Gasteiger partial charge is 0.416 e. The summed E-state index contributed by atoms with van der Waals surface area (Å²) in [6, 6.07) is 2.29. The Morgan fingerprint density at radius 3 is 2.56 bits per heavy atom. The smallest absolute Gasteiger partial charge is 0.353 e. The van der Waals surface area contributed by atoms with Crippen molar-refractivity contribution < 1.29 is 22.4 Å². The molecule has 0 heterocycles. The maximum absolute atomic E-state index is 13.3. The second kappa shape index (κ2) is 5.66. The lowest BCUT2D eigenvalue weighted by Gasteiger charge is -2.07. The first-order chi connectivity index (χ1) is 8.30. The summed E-state index contributed by atoms with van der Waals surface area (Å²) in [5, 5.41) is 2.44. The number of nitrogens with one attached hydrogen (secondary N) is 1. The van der Waals surface area contributed by atoms with Gasteiger partial charge in [-0.25, -0.2) is 4.39 Å². The fourth-order valence-electron chi connectivity index (χ4n) is 1.23. The van der Waals surface area contributed by atoms with Gasteiger partial charge in [-0.3, -0.25) is 4.79 Å². The van der Waals surface area contributed by atoms with E-state index in [1.807, 2.05) is 0 Å². The minimum atomic E-state index is -4.56. The second-order valence-corrected chi connectivity index (χ2v) is 3.57. The number of halogens is 4. The van der Waals surface area contributed by atoms with Gasteiger partial charge in [0.1, 0.15) is 5.82 Å². The summed E-state index contributed by atoms with van der Waals surface area (Å²) in [6.45, 7) is 1.52. The number of amides is 1. The summed E-state index contributed by atoms with van der Waals surface area (Å²) in [7, 11) is 0. The summed E-state index contributed by atoms with van der Waals surface area (Å²) in [5.41, 5.74) is -0.993. The van der Waals surface area contributed by atoms with Crippen LogP contribution in [0.2, 0.25) is 0 Å². The predicted octanol–water partition coefficient (Wildman–Crippen LogP) is 2.99. The SMILES string of the molecule is CC(=O)NCC=Cc1ccc(C(F)(F)F)cc1F. The minimum Gasteiger partial charge on any atom is -0.353 e. The quantitative estimate of drug-likeness (QED) is 0.833. The van der Waals surface area contributed by atoms with Gasteiger partial charge in [-0.2, -0.15) is 13.2 Å². The average molecular weight is 261 g/mol. The van der Waals surface area contributed by atoms with Crippen molar-refractivity contribution in [3.8, 4) is 0 Å². The molecule has 0 radical (unpaired) electrons. The highest BCUT2D eigenvalue weighted by Crippen LogP contribution is 2.30. The fourth-order valence-corrected chi connectivity index (χ4v) is 1.23. The lowest BCUT2D eigenvalue weighted by atomic mass is 10.1. The third kappa shape index (κ3) is 4.20. The summed E-state index contributed by atoms with van der Waals surface area (Å²) >= 11 is 0. The van der Waals surface area contributed by atoms with E-state index in [0.29, 0.717) is 6.07 Å². The molecule has 0 saturated carbocycles. The Bertz CT molecular complexity index is 466. The zero-order chi connectivity index (χ0) is 13.8. The Labute approximate surface area is 101 Å². The van der Waals surface area contributed by atoms with Crippen molar-refractivity contribution in [1.29, 1.82) is 0 Å². The van der Waals surface area contributed by atoms with Gasteiger partial charge in [0.2, 0.25) is 5.91 Å². The van der Waals surface area contributed by atoms with E-state index in [4.69, 9.17) is 0 Å². The standard InChI is InChI=1S/C12H11F4NO/c1-8(18)17-6-2-3-9-4-5-10(7-11(9)13)12(14,15)16/h2-5,7H,6H2,1H3,(H,17,18). The molecule has 0 fully saturated rings. The molecular weight excluding hydrogens is 250 g/mol. The molecule has 0 aliphatic heterocycles. The summed E-state index contributed by atoms with van der Waals surface area (Å²) in [6.07, 6.45) is -1.79. The number of hydrogen-bond donors (Lipinski definition) is 1. The molecule has 1 amide bonds. The molecule has 0 bridgehead atoms. The Balaban J connectivity index is 2.77. The van der Waals surface area contributed by atoms with E-state index in [1.54, 1.807) is 0 Å². The van der Waals surface area contributed by atoms with E-state index in [0.717, 1.165) is 12.1 Å². The van der Waals surface area contributed by atoms with Gasteiger partial charge in [0.25, 0.3) is 0 Å². The second-order valence-electron chi connectivity index (χ2n) is 3.57. The fraction of sp³-hybridized carbons (Fsp3) is 0.250. The monoisotopic (exact) mass is 261 g/mol. The Morgan fingerprint density at radius 2 is 2.06 bits per heavy atom. The summed E-state index contributed by atoms with van der Waals surface area (Å²) in [4.78, 5) is 10.5. The lowest BCUT2D eigenvalue weighted by Crippen LogP contribution is -2.19. The van der Waals surface area contributed by atoms with Crippen LogP contribution in [0.1, 0.15) is 18.1 Å². The van der Waals surface area contributed by atoms with E-state index in [-0.39, 0.29) is 18.0 Å². The molecule has 0 aliphatic rings. The first-order valence-electron chi connectivity index (χ1n) is 5.08. The summed E-state index contributed by atoms with van der Waals surface area (Å²) < 4.78 is 50.1. The zero-order valence-electron chi connectivity index (χ0n) is 9.51. The third-order valence-corrected chi connectivity index (χ3v) is 2.09. The van der Waals surface area contributed by atoms with Crippen LogP contribution >= 0.6 is 0 Å². The van der Waals surface area contributed by atoms with E-state index < -0.39 is 17.6 Å². The molecule has 0 unspecified atom stereocenters. The Hall–Kier alpha value is -1.85. The van der Waals surface area contributed by atoms with Crippen molar-refractivity contribution in [1.82, 2.24) is 5.32 Å².